The number of halogens is 2. The first-order valence-corrected chi connectivity index (χ1v) is 5.29. The maximum Gasteiger partial charge on any atom is 0.133 e. The second-order valence-electron chi connectivity index (χ2n) is 3.97. The molecule has 0 spiro atoms. The lowest BCUT2D eigenvalue weighted by Crippen LogP contribution is -1.92. The van der Waals surface area contributed by atoms with Gasteiger partial charge in [-0.1, -0.05) is 36.4 Å². The molecule has 0 saturated heterocycles. The topological polar surface area (TPSA) is 0 Å². The lowest BCUT2D eigenvalue weighted by molar-refractivity contribution is 0.581. The molecule has 0 aliphatic rings. The summed E-state index contributed by atoms with van der Waals surface area (Å²) in [5.41, 5.74) is 2.85. The standard InChI is InChI=1S/C15H12F2/c1-10-3-5-12(6-4-10)11(2)14-8-7-13(16)9-15(14)17/h3-9H,2H2,1H3. The molecule has 0 aliphatic heterocycles. The SMILES string of the molecule is C=C(c1ccc(C)cc1)c1ccc(F)cc1F. The van der Waals surface area contributed by atoms with Gasteiger partial charge in [0, 0.05) is 11.6 Å². The lowest BCUT2D eigenvalue weighted by Gasteiger charge is -2.08. The molecule has 2 heteroatoms. The molecule has 0 bridgehead atoms. The summed E-state index contributed by atoms with van der Waals surface area (Å²) in [4.78, 5) is 0. The van der Waals surface area contributed by atoms with Crippen molar-refractivity contribution in [1.29, 1.82) is 0 Å². The normalized spacial score (nSPS) is 10.3. The molecule has 0 aliphatic carbocycles. The fraction of sp³-hybridized carbons (Fsp3) is 0.0667. The van der Waals surface area contributed by atoms with Crippen molar-refractivity contribution in [2.75, 3.05) is 0 Å². The molecule has 0 aromatic heterocycles. The number of rotatable bonds is 2. The fourth-order valence-corrected chi connectivity index (χ4v) is 1.64. The minimum Gasteiger partial charge on any atom is -0.207 e. The number of hydrogen-bond acceptors (Lipinski definition) is 0. The third-order valence-electron chi connectivity index (χ3n) is 2.66. The summed E-state index contributed by atoms with van der Waals surface area (Å²) in [5, 5.41) is 0. The quantitative estimate of drug-likeness (QED) is 0.720. The average Bonchev–Trinajstić information content (AvgIpc) is 2.29. The first kappa shape index (κ1) is 11.5. The van der Waals surface area contributed by atoms with E-state index < -0.39 is 11.6 Å². The van der Waals surface area contributed by atoms with Crippen LogP contribution in [0.4, 0.5) is 8.78 Å². The third-order valence-corrected chi connectivity index (χ3v) is 2.66. The highest BCUT2D eigenvalue weighted by atomic mass is 19.1. The molecule has 0 N–H and O–H groups in total. The highest BCUT2D eigenvalue weighted by Gasteiger charge is 2.08. The fourth-order valence-electron chi connectivity index (χ4n) is 1.64. The Labute approximate surface area is 99.2 Å². The van der Waals surface area contributed by atoms with Gasteiger partial charge in [-0.3, -0.25) is 0 Å². The number of hydrogen-bond donors (Lipinski definition) is 0. The van der Waals surface area contributed by atoms with Crippen LogP contribution in [0.2, 0.25) is 0 Å². The summed E-state index contributed by atoms with van der Waals surface area (Å²) in [6, 6.07) is 11.1. The Morgan fingerprint density at radius 3 is 2.24 bits per heavy atom. The summed E-state index contributed by atoms with van der Waals surface area (Å²) in [6.45, 7) is 5.83. The largest absolute Gasteiger partial charge is 0.207 e. The highest BCUT2D eigenvalue weighted by Crippen LogP contribution is 2.24. The molecule has 0 unspecified atom stereocenters. The van der Waals surface area contributed by atoms with Gasteiger partial charge >= 0.3 is 0 Å². The van der Waals surface area contributed by atoms with E-state index >= 15 is 0 Å². The predicted molar refractivity (Wildman–Crippen MR) is 65.7 cm³/mol. The van der Waals surface area contributed by atoms with E-state index in [4.69, 9.17) is 0 Å². The number of benzene rings is 2. The van der Waals surface area contributed by atoms with Crippen LogP contribution in [0.5, 0.6) is 0 Å². The van der Waals surface area contributed by atoms with Crippen molar-refractivity contribution in [3.8, 4) is 0 Å². The Kier molecular flexibility index (Phi) is 3.05. The van der Waals surface area contributed by atoms with Crippen LogP contribution in [0.15, 0.2) is 49.0 Å². The molecule has 2 rings (SSSR count). The molecule has 86 valence electrons. The van der Waals surface area contributed by atoms with Crippen molar-refractivity contribution >= 4 is 5.57 Å². The van der Waals surface area contributed by atoms with Crippen molar-refractivity contribution < 1.29 is 8.78 Å². The molecular weight excluding hydrogens is 218 g/mol. The van der Waals surface area contributed by atoms with Gasteiger partial charge in [0.1, 0.15) is 11.6 Å². The van der Waals surface area contributed by atoms with E-state index in [2.05, 4.69) is 6.58 Å². The molecule has 0 atom stereocenters. The van der Waals surface area contributed by atoms with Crippen LogP contribution >= 0.6 is 0 Å². The molecular formula is C15H12F2. The van der Waals surface area contributed by atoms with Gasteiger partial charge in [-0.2, -0.15) is 0 Å². The first-order chi connectivity index (χ1) is 8.08. The first-order valence-electron chi connectivity index (χ1n) is 5.29. The molecule has 2 aromatic rings. The Hall–Kier alpha value is -1.96. The van der Waals surface area contributed by atoms with Gasteiger partial charge < -0.3 is 0 Å². The average molecular weight is 230 g/mol. The summed E-state index contributed by atoms with van der Waals surface area (Å²) in [5.74, 6) is -1.17. The van der Waals surface area contributed by atoms with E-state index in [9.17, 15) is 8.78 Å². The molecule has 0 heterocycles. The Balaban J connectivity index is 2.40. The van der Waals surface area contributed by atoms with E-state index in [0.29, 0.717) is 11.1 Å². The van der Waals surface area contributed by atoms with E-state index in [1.165, 1.54) is 12.1 Å². The Morgan fingerprint density at radius 1 is 1.00 bits per heavy atom. The minimum atomic E-state index is -0.587. The summed E-state index contributed by atoms with van der Waals surface area (Å²) in [6.07, 6.45) is 0. The van der Waals surface area contributed by atoms with Gasteiger partial charge in [0.15, 0.2) is 0 Å². The zero-order chi connectivity index (χ0) is 12.4. The van der Waals surface area contributed by atoms with Crippen molar-refractivity contribution in [2.24, 2.45) is 0 Å². The summed E-state index contributed by atoms with van der Waals surface area (Å²) < 4.78 is 26.4. The molecule has 0 saturated carbocycles. The molecule has 0 nitrogen and oxygen atoms in total. The Bertz CT molecular complexity index is 554. The summed E-state index contributed by atoms with van der Waals surface area (Å²) in [7, 11) is 0. The molecule has 0 fully saturated rings. The van der Waals surface area contributed by atoms with Crippen LogP contribution < -0.4 is 0 Å². The van der Waals surface area contributed by atoms with Crippen LogP contribution in [-0.4, -0.2) is 0 Å². The highest BCUT2D eigenvalue weighted by molar-refractivity contribution is 5.78. The van der Waals surface area contributed by atoms with Gasteiger partial charge in [0.25, 0.3) is 0 Å². The Morgan fingerprint density at radius 2 is 1.65 bits per heavy atom. The minimum absolute atomic E-state index is 0.329. The van der Waals surface area contributed by atoms with E-state index in [-0.39, 0.29) is 0 Å². The van der Waals surface area contributed by atoms with E-state index in [0.717, 1.165) is 17.2 Å². The van der Waals surface area contributed by atoms with Crippen LogP contribution in [-0.2, 0) is 0 Å². The smallest absolute Gasteiger partial charge is 0.133 e. The van der Waals surface area contributed by atoms with Crippen LogP contribution in [0.25, 0.3) is 5.57 Å². The van der Waals surface area contributed by atoms with Gasteiger partial charge in [-0.15, -0.1) is 0 Å². The van der Waals surface area contributed by atoms with Crippen molar-refractivity contribution in [2.45, 2.75) is 6.92 Å². The van der Waals surface area contributed by atoms with Gasteiger partial charge in [-0.25, -0.2) is 8.78 Å². The molecule has 2 aromatic carbocycles. The zero-order valence-corrected chi connectivity index (χ0v) is 9.50. The third kappa shape index (κ3) is 2.41. The maximum absolute atomic E-state index is 13.6. The predicted octanol–water partition coefficient (Wildman–Crippen LogP) is 4.33. The van der Waals surface area contributed by atoms with Gasteiger partial charge in [0.2, 0.25) is 0 Å². The van der Waals surface area contributed by atoms with Crippen LogP contribution in [0, 0.1) is 18.6 Å². The monoisotopic (exact) mass is 230 g/mol. The number of aryl methyl sites for hydroxylation is 1. The van der Waals surface area contributed by atoms with Crippen LogP contribution in [0.1, 0.15) is 16.7 Å². The van der Waals surface area contributed by atoms with Gasteiger partial charge in [-0.05, 0) is 30.2 Å². The summed E-state index contributed by atoms with van der Waals surface area (Å²) >= 11 is 0. The van der Waals surface area contributed by atoms with Gasteiger partial charge in [0.05, 0.1) is 0 Å². The van der Waals surface area contributed by atoms with Crippen molar-refractivity contribution in [3.05, 3.63) is 77.4 Å². The molecule has 17 heavy (non-hydrogen) atoms. The second kappa shape index (κ2) is 4.50. The second-order valence-corrected chi connectivity index (χ2v) is 3.97. The molecule has 0 radical (unpaired) electrons. The zero-order valence-electron chi connectivity index (χ0n) is 9.50. The van der Waals surface area contributed by atoms with Crippen LogP contribution in [0.3, 0.4) is 0 Å². The van der Waals surface area contributed by atoms with Crippen molar-refractivity contribution in [3.63, 3.8) is 0 Å². The van der Waals surface area contributed by atoms with E-state index in [1.54, 1.807) is 0 Å². The molecule has 0 amide bonds. The maximum atomic E-state index is 13.6. The van der Waals surface area contributed by atoms with E-state index in [1.807, 2.05) is 31.2 Å². The lowest BCUT2D eigenvalue weighted by atomic mass is 9.98. The van der Waals surface area contributed by atoms with Crippen molar-refractivity contribution in [1.82, 2.24) is 0 Å².